The van der Waals surface area contributed by atoms with Crippen molar-refractivity contribution in [1.82, 2.24) is 0 Å². The second-order valence-electron chi connectivity index (χ2n) is 6.81. The number of rotatable bonds is 0. The number of carbonyl (C=O) groups excluding carboxylic acids is 1. The van der Waals surface area contributed by atoms with Crippen molar-refractivity contribution in [1.29, 1.82) is 0 Å². The molecule has 0 aromatic heterocycles. The van der Waals surface area contributed by atoms with Crippen LogP contribution in [0.1, 0.15) is 38.2 Å². The molecule has 1 nitrogen and oxygen atoms in total. The third kappa shape index (κ3) is 2.70. The number of ketones is 1. The highest BCUT2D eigenvalue weighted by atomic mass is 32.2. The minimum absolute atomic E-state index is 0.220. The third-order valence-electron chi connectivity index (χ3n) is 5.09. The Morgan fingerprint density at radius 2 is 1.12 bits per heavy atom. The molecule has 0 fully saturated rings. The van der Waals surface area contributed by atoms with Gasteiger partial charge in [0, 0.05) is 34.1 Å². The van der Waals surface area contributed by atoms with Gasteiger partial charge in [-0.2, -0.15) is 23.5 Å². The van der Waals surface area contributed by atoms with Crippen LogP contribution in [0.2, 0.25) is 0 Å². The minimum Gasteiger partial charge on any atom is -0.289 e. The largest absolute Gasteiger partial charge is 0.289 e. The molecule has 0 amide bonds. The lowest BCUT2D eigenvalue weighted by molar-refractivity contribution is 0.104. The molecule has 1 aliphatic carbocycles. The fourth-order valence-corrected chi connectivity index (χ4v) is 5.87. The first-order valence-corrected chi connectivity index (χ1v) is 11.1. The maximum absolute atomic E-state index is 13.3. The smallest absolute Gasteiger partial charge is 0.194 e. The molecule has 0 unspecified atom stereocenters. The van der Waals surface area contributed by atoms with E-state index in [1.807, 2.05) is 23.5 Å². The Hall–Kier alpha value is -1.97. The van der Waals surface area contributed by atoms with E-state index in [0.717, 1.165) is 45.3 Å². The second-order valence-corrected chi connectivity index (χ2v) is 8.79. The standard InChI is InChI=1S/C23H18OS2/c24-23-21-17-6-2-8-19(21)20-9-3-7-18(22(20)23)14-26-12-16-5-1-4-15(10-16)11-25-13-17/h1-10H,11-14H2. The van der Waals surface area contributed by atoms with Crippen LogP contribution in [0, 0.1) is 0 Å². The summed E-state index contributed by atoms with van der Waals surface area (Å²) in [5, 5.41) is 0. The van der Waals surface area contributed by atoms with Gasteiger partial charge >= 0.3 is 0 Å². The van der Waals surface area contributed by atoms with Gasteiger partial charge in [-0.3, -0.25) is 4.79 Å². The summed E-state index contributed by atoms with van der Waals surface area (Å²) in [6, 6.07) is 21.5. The molecule has 0 radical (unpaired) electrons. The molecule has 1 aliphatic heterocycles. The zero-order valence-corrected chi connectivity index (χ0v) is 16.0. The lowest BCUT2D eigenvalue weighted by atomic mass is 10.0. The molecule has 5 rings (SSSR count). The molecular formula is C23H18OS2. The van der Waals surface area contributed by atoms with Crippen molar-refractivity contribution in [3.63, 3.8) is 0 Å². The number of carbonyl (C=O) groups is 1. The van der Waals surface area contributed by atoms with Gasteiger partial charge in [-0.1, -0.05) is 60.7 Å². The summed E-state index contributed by atoms with van der Waals surface area (Å²) < 4.78 is 0. The SMILES string of the molecule is O=C1c2c3cccc2-c2cccc(c21)CSCc1cccc(c1)CSC3. The average Bonchev–Trinajstić information content (AvgIpc) is 2.96. The second kappa shape index (κ2) is 6.64. The first kappa shape index (κ1) is 16.2. The van der Waals surface area contributed by atoms with E-state index in [-0.39, 0.29) is 5.78 Å². The highest BCUT2D eigenvalue weighted by Gasteiger charge is 2.30. The van der Waals surface area contributed by atoms with Crippen LogP contribution in [-0.2, 0) is 23.0 Å². The van der Waals surface area contributed by atoms with E-state index in [0.29, 0.717) is 0 Å². The van der Waals surface area contributed by atoms with E-state index >= 15 is 0 Å². The van der Waals surface area contributed by atoms with Gasteiger partial charge in [-0.05, 0) is 33.4 Å². The van der Waals surface area contributed by atoms with Crippen LogP contribution in [0.4, 0.5) is 0 Å². The lowest BCUT2D eigenvalue weighted by Gasteiger charge is -2.10. The number of fused-ring (bicyclic) bond motifs is 3. The van der Waals surface area contributed by atoms with Gasteiger partial charge in [0.2, 0.25) is 0 Å². The van der Waals surface area contributed by atoms with Crippen LogP contribution in [0.15, 0.2) is 60.7 Å². The molecule has 3 aromatic carbocycles. The number of thioether (sulfide) groups is 2. The summed E-state index contributed by atoms with van der Waals surface area (Å²) in [6.45, 7) is 0. The van der Waals surface area contributed by atoms with E-state index in [2.05, 4.69) is 60.7 Å². The maximum atomic E-state index is 13.3. The Morgan fingerprint density at radius 3 is 1.65 bits per heavy atom. The first-order valence-electron chi connectivity index (χ1n) is 8.83. The van der Waals surface area contributed by atoms with Gasteiger partial charge in [0.15, 0.2) is 5.78 Å². The third-order valence-corrected chi connectivity index (χ3v) is 7.19. The van der Waals surface area contributed by atoms with Gasteiger partial charge in [0.25, 0.3) is 0 Å². The molecule has 26 heavy (non-hydrogen) atoms. The van der Waals surface area contributed by atoms with Gasteiger partial charge in [0.05, 0.1) is 0 Å². The number of hydrogen-bond acceptors (Lipinski definition) is 3. The van der Waals surface area contributed by atoms with Crippen LogP contribution in [0.25, 0.3) is 11.1 Å². The monoisotopic (exact) mass is 374 g/mol. The summed E-state index contributed by atoms with van der Waals surface area (Å²) >= 11 is 3.78. The number of hydrogen-bond donors (Lipinski definition) is 0. The first-order chi connectivity index (χ1) is 12.8. The van der Waals surface area contributed by atoms with Gasteiger partial charge in [-0.25, -0.2) is 0 Å². The van der Waals surface area contributed by atoms with Gasteiger partial charge < -0.3 is 0 Å². The molecule has 4 bridgehead atoms. The molecule has 2 aliphatic rings. The van der Waals surface area contributed by atoms with Crippen LogP contribution < -0.4 is 0 Å². The Bertz CT molecular complexity index is 946. The highest BCUT2D eigenvalue weighted by molar-refractivity contribution is 7.98. The molecule has 3 aromatic rings. The molecule has 0 saturated heterocycles. The van der Waals surface area contributed by atoms with E-state index in [1.165, 1.54) is 22.3 Å². The summed E-state index contributed by atoms with van der Waals surface area (Å²) in [7, 11) is 0. The Kier molecular flexibility index (Phi) is 4.14. The van der Waals surface area contributed by atoms with Crippen molar-refractivity contribution in [2.24, 2.45) is 0 Å². The average molecular weight is 375 g/mol. The number of benzene rings is 3. The zero-order valence-electron chi connectivity index (χ0n) is 14.3. The summed E-state index contributed by atoms with van der Waals surface area (Å²) in [5.74, 6) is 3.93. The summed E-state index contributed by atoms with van der Waals surface area (Å²) in [6.07, 6.45) is 0. The lowest BCUT2D eigenvalue weighted by Crippen LogP contribution is -2.03. The van der Waals surface area contributed by atoms with Crippen molar-refractivity contribution in [2.45, 2.75) is 23.0 Å². The van der Waals surface area contributed by atoms with Crippen LogP contribution in [-0.4, -0.2) is 5.78 Å². The molecule has 0 atom stereocenters. The fourth-order valence-electron chi connectivity index (χ4n) is 3.92. The Morgan fingerprint density at radius 1 is 0.615 bits per heavy atom. The van der Waals surface area contributed by atoms with Crippen molar-refractivity contribution in [3.05, 3.63) is 94.0 Å². The van der Waals surface area contributed by atoms with Gasteiger partial charge in [-0.15, -0.1) is 0 Å². The van der Waals surface area contributed by atoms with Crippen LogP contribution in [0.3, 0.4) is 0 Å². The Balaban J connectivity index is 1.64. The highest BCUT2D eigenvalue weighted by Crippen LogP contribution is 2.42. The zero-order chi connectivity index (χ0) is 17.5. The summed E-state index contributed by atoms with van der Waals surface area (Å²) in [5.41, 5.74) is 9.16. The molecular weight excluding hydrogens is 356 g/mol. The van der Waals surface area contributed by atoms with E-state index in [4.69, 9.17) is 0 Å². The quantitative estimate of drug-likeness (QED) is 0.371. The minimum atomic E-state index is 0.220. The predicted molar refractivity (Wildman–Crippen MR) is 112 cm³/mol. The molecule has 128 valence electrons. The topological polar surface area (TPSA) is 17.1 Å². The van der Waals surface area contributed by atoms with E-state index in [9.17, 15) is 4.79 Å². The van der Waals surface area contributed by atoms with E-state index < -0.39 is 0 Å². The molecule has 0 spiro atoms. The summed E-state index contributed by atoms with van der Waals surface area (Å²) in [4.78, 5) is 13.3. The van der Waals surface area contributed by atoms with Crippen molar-refractivity contribution in [2.75, 3.05) is 0 Å². The normalized spacial score (nSPS) is 15.6. The predicted octanol–water partition coefficient (Wildman–Crippen LogP) is 6.08. The van der Waals surface area contributed by atoms with Crippen LogP contribution >= 0.6 is 23.5 Å². The van der Waals surface area contributed by atoms with Crippen LogP contribution in [0.5, 0.6) is 0 Å². The molecule has 1 heterocycles. The fraction of sp³-hybridized carbons (Fsp3) is 0.174. The molecule has 3 heteroatoms. The van der Waals surface area contributed by atoms with Gasteiger partial charge in [0.1, 0.15) is 0 Å². The molecule has 0 saturated carbocycles. The van der Waals surface area contributed by atoms with Crippen molar-refractivity contribution in [3.8, 4) is 11.1 Å². The van der Waals surface area contributed by atoms with Crippen molar-refractivity contribution >= 4 is 29.3 Å². The maximum Gasteiger partial charge on any atom is 0.194 e. The molecule has 0 N–H and O–H groups in total. The Labute approximate surface area is 162 Å². The van der Waals surface area contributed by atoms with Crippen molar-refractivity contribution < 1.29 is 4.79 Å². The van der Waals surface area contributed by atoms with E-state index in [1.54, 1.807) is 0 Å².